The molecule has 3 rings (SSSR count). The summed E-state index contributed by atoms with van der Waals surface area (Å²) in [5.74, 6) is 2.93. The number of hydrogen-bond acceptors (Lipinski definition) is 4. The second kappa shape index (κ2) is 5.18. The molecular formula is C13H18N4S. The van der Waals surface area contributed by atoms with Gasteiger partial charge in [-0.3, -0.25) is 0 Å². The first kappa shape index (κ1) is 11.8. The van der Waals surface area contributed by atoms with Gasteiger partial charge in [-0.05, 0) is 18.8 Å². The molecule has 5 heteroatoms. The Morgan fingerprint density at radius 2 is 2.28 bits per heavy atom. The van der Waals surface area contributed by atoms with Gasteiger partial charge in [0, 0.05) is 25.2 Å². The molecule has 0 radical (unpaired) electrons. The van der Waals surface area contributed by atoms with E-state index in [0.717, 1.165) is 22.4 Å². The molecule has 18 heavy (non-hydrogen) atoms. The van der Waals surface area contributed by atoms with E-state index >= 15 is 0 Å². The highest BCUT2D eigenvalue weighted by atomic mass is 32.2. The van der Waals surface area contributed by atoms with Gasteiger partial charge in [-0.15, -0.1) is 11.8 Å². The molecule has 0 unspecified atom stereocenters. The third-order valence-corrected chi connectivity index (χ3v) is 4.72. The van der Waals surface area contributed by atoms with Gasteiger partial charge in [-0.25, -0.2) is 9.97 Å². The molecule has 1 aliphatic carbocycles. The zero-order chi connectivity index (χ0) is 12.4. The quantitative estimate of drug-likeness (QED) is 0.860. The number of anilines is 1. The summed E-state index contributed by atoms with van der Waals surface area (Å²) in [5.41, 5.74) is 0.969. The largest absolute Gasteiger partial charge is 0.372 e. The highest BCUT2D eigenvalue weighted by Gasteiger charge is 2.16. The Labute approximate surface area is 111 Å². The molecule has 96 valence electrons. The predicted molar refractivity (Wildman–Crippen MR) is 75.2 cm³/mol. The van der Waals surface area contributed by atoms with E-state index in [4.69, 9.17) is 0 Å². The minimum atomic E-state index is 0.866. The summed E-state index contributed by atoms with van der Waals surface area (Å²) in [4.78, 5) is 9.01. The molecule has 0 amide bonds. The molecule has 1 fully saturated rings. The topological polar surface area (TPSA) is 42.2 Å². The average Bonchev–Trinajstić information content (AvgIpc) is 3.06. The Kier molecular flexibility index (Phi) is 3.41. The molecule has 1 saturated carbocycles. The van der Waals surface area contributed by atoms with E-state index in [1.807, 2.05) is 41.8 Å². The average molecular weight is 262 g/mol. The summed E-state index contributed by atoms with van der Waals surface area (Å²) in [6, 6.07) is 0. The van der Waals surface area contributed by atoms with Crippen LogP contribution in [0.4, 0.5) is 5.82 Å². The van der Waals surface area contributed by atoms with Gasteiger partial charge in [0.05, 0.1) is 6.20 Å². The Morgan fingerprint density at radius 1 is 1.44 bits per heavy atom. The SMILES string of the molecule is CNc1cn2ccnc2c(SCC2CCCC2)n1. The Morgan fingerprint density at radius 3 is 3.06 bits per heavy atom. The van der Waals surface area contributed by atoms with Crippen LogP contribution >= 0.6 is 11.8 Å². The van der Waals surface area contributed by atoms with Crippen molar-refractivity contribution in [2.45, 2.75) is 30.7 Å². The van der Waals surface area contributed by atoms with Crippen molar-refractivity contribution in [3.8, 4) is 0 Å². The van der Waals surface area contributed by atoms with Crippen molar-refractivity contribution in [2.24, 2.45) is 5.92 Å². The van der Waals surface area contributed by atoms with Crippen molar-refractivity contribution < 1.29 is 0 Å². The fourth-order valence-corrected chi connectivity index (χ4v) is 3.67. The number of thioether (sulfide) groups is 1. The highest BCUT2D eigenvalue weighted by molar-refractivity contribution is 7.99. The Bertz CT molecular complexity index is 531. The number of nitrogens with one attached hydrogen (secondary N) is 1. The minimum absolute atomic E-state index is 0.866. The zero-order valence-electron chi connectivity index (χ0n) is 10.6. The van der Waals surface area contributed by atoms with Gasteiger partial charge in [0.2, 0.25) is 0 Å². The first-order chi connectivity index (χ1) is 8.86. The molecule has 4 nitrogen and oxygen atoms in total. The number of fused-ring (bicyclic) bond motifs is 1. The van der Waals surface area contributed by atoms with Crippen molar-refractivity contribution in [2.75, 3.05) is 18.1 Å². The van der Waals surface area contributed by atoms with E-state index in [1.54, 1.807) is 0 Å². The van der Waals surface area contributed by atoms with Crippen LogP contribution in [0, 0.1) is 5.92 Å². The molecule has 2 aromatic heterocycles. The van der Waals surface area contributed by atoms with Gasteiger partial charge < -0.3 is 9.72 Å². The molecule has 2 aromatic rings. The van der Waals surface area contributed by atoms with Crippen LogP contribution in [-0.2, 0) is 0 Å². The molecule has 0 atom stereocenters. The van der Waals surface area contributed by atoms with Gasteiger partial charge in [0.25, 0.3) is 0 Å². The monoisotopic (exact) mass is 262 g/mol. The van der Waals surface area contributed by atoms with E-state index in [9.17, 15) is 0 Å². The smallest absolute Gasteiger partial charge is 0.169 e. The number of hydrogen-bond donors (Lipinski definition) is 1. The van der Waals surface area contributed by atoms with Gasteiger partial charge in [-0.2, -0.15) is 0 Å². The van der Waals surface area contributed by atoms with Crippen LogP contribution < -0.4 is 5.32 Å². The molecule has 1 aliphatic rings. The first-order valence-electron chi connectivity index (χ1n) is 6.51. The fourth-order valence-electron chi connectivity index (χ4n) is 2.49. The van der Waals surface area contributed by atoms with E-state index < -0.39 is 0 Å². The van der Waals surface area contributed by atoms with Gasteiger partial charge in [-0.1, -0.05) is 12.8 Å². The van der Waals surface area contributed by atoms with Crippen molar-refractivity contribution >= 4 is 23.2 Å². The normalized spacial score (nSPS) is 16.5. The van der Waals surface area contributed by atoms with Gasteiger partial charge >= 0.3 is 0 Å². The molecular weight excluding hydrogens is 244 g/mol. The minimum Gasteiger partial charge on any atom is -0.372 e. The van der Waals surface area contributed by atoms with Crippen molar-refractivity contribution in [1.29, 1.82) is 0 Å². The summed E-state index contributed by atoms with van der Waals surface area (Å²) in [5, 5.41) is 4.14. The zero-order valence-corrected chi connectivity index (χ0v) is 11.4. The number of imidazole rings is 1. The summed E-state index contributed by atoms with van der Waals surface area (Å²) in [6.45, 7) is 0. The molecule has 0 aliphatic heterocycles. The summed E-state index contributed by atoms with van der Waals surface area (Å²) in [7, 11) is 1.90. The first-order valence-corrected chi connectivity index (χ1v) is 7.49. The lowest BCUT2D eigenvalue weighted by Gasteiger charge is -2.09. The lowest BCUT2D eigenvalue weighted by Crippen LogP contribution is -2.01. The maximum absolute atomic E-state index is 4.62. The van der Waals surface area contributed by atoms with E-state index in [2.05, 4.69) is 15.3 Å². The number of rotatable bonds is 4. The summed E-state index contributed by atoms with van der Waals surface area (Å²) < 4.78 is 2.04. The van der Waals surface area contributed by atoms with Gasteiger partial charge in [0.15, 0.2) is 5.65 Å². The lowest BCUT2D eigenvalue weighted by atomic mass is 10.1. The fraction of sp³-hybridized carbons (Fsp3) is 0.538. The number of aromatic nitrogens is 3. The molecule has 0 bridgehead atoms. The maximum atomic E-state index is 4.62. The van der Waals surface area contributed by atoms with Crippen LogP contribution in [0.25, 0.3) is 5.65 Å². The molecule has 0 aromatic carbocycles. The Balaban J connectivity index is 1.82. The third kappa shape index (κ3) is 2.32. The van der Waals surface area contributed by atoms with E-state index in [0.29, 0.717) is 0 Å². The van der Waals surface area contributed by atoms with Crippen LogP contribution in [0.1, 0.15) is 25.7 Å². The predicted octanol–water partition coefficient (Wildman–Crippen LogP) is 3.05. The summed E-state index contributed by atoms with van der Waals surface area (Å²) >= 11 is 1.85. The van der Waals surface area contributed by atoms with E-state index in [1.165, 1.54) is 31.4 Å². The molecule has 1 N–H and O–H groups in total. The van der Waals surface area contributed by atoms with Crippen molar-refractivity contribution in [1.82, 2.24) is 14.4 Å². The van der Waals surface area contributed by atoms with Crippen LogP contribution in [0.3, 0.4) is 0 Å². The van der Waals surface area contributed by atoms with Crippen molar-refractivity contribution in [3.63, 3.8) is 0 Å². The van der Waals surface area contributed by atoms with E-state index in [-0.39, 0.29) is 0 Å². The third-order valence-electron chi connectivity index (χ3n) is 3.53. The van der Waals surface area contributed by atoms with Crippen LogP contribution in [0.15, 0.2) is 23.6 Å². The second-order valence-electron chi connectivity index (χ2n) is 4.80. The van der Waals surface area contributed by atoms with Crippen LogP contribution in [0.2, 0.25) is 0 Å². The Hall–Kier alpha value is -1.23. The molecule has 0 saturated heterocycles. The van der Waals surface area contributed by atoms with Gasteiger partial charge in [0.1, 0.15) is 10.8 Å². The lowest BCUT2D eigenvalue weighted by molar-refractivity contribution is 0.623. The van der Waals surface area contributed by atoms with Crippen LogP contribution in [0.5, 0.6) is 0 Å². The van der Waals surface area contributed by atoms with Crippen molar-refractivity contribution in [3.05, 3.63) is 18.6 Å². The highest BCUT2D eigenvalue weighted by Crippen LogP contribution is 2.31. The number of nitrogens with zero attached hydrogens (tertiary/aromatic N) is 3. The van der Waals surface area contributed by atoms with Crippen LogP contribution in [-0.4, -0.2) is 27.2 Å². The summed E-state index contributed by atoms with van der Waals surface area (Å²) in [6.07, 6.45) is 11.3. The molecule has 0 spiro atoms. The standard InChI is InChI=1S/C13H18N4S/c1-14-11-8-17-7-6-15-12(17)13(16-11)18-9-10-4-2-3-5-10/h6-8,10,14H,2-5,9H2,1H3. The maximum Gasteiger partial charge on any atom is 0.169 e. The molecule has 2 heterocycles. The second-order valence-corrected chi connectivity index (χ2v) is 5.81.